The quantitative estimate of drug-likeness (QED) is 0.633. The molecule has 0 unspecified atom stereocenters. The van der Waals surface area contributed by atoms with E-state index in [2.05, 4.69) is 9.97 Å². The normalized spacial score (nSPS) is 10.8. The molecule has 0 atom stereocenters. The van der Waals surface area contributed by atoms with Crippen LogP contribution in [0.15, 0.2) is 10.2 Å². The van der Waals surface area contributed by atoms with Crippen molar-refractivity contribution in [3.05, 3.63) is 21.6 Å². The van der Waals surface area contributed by atoms with Gasteiger partial charge in [0.15, 0.2) is 0 Å². The van der Waals surface area contributed by atoms with Crippen LogP contribution in [0.25, 0.3) is 10.9 Å². The van der Waals surface area contributed by atoms with Crippen LogP contribution in [0.2, 0.25) is 0 Å². The van der Waals surface area contributed by atoms with E-state index in [1.165, 1.54) is 11.3 Å². The van der Waals surface area contributed by atoms with E-state index in [4.69, 9.17) is 5.73 Å². The average Bonchev–Trinajstić information content (AvgIpc) is 2.31. The van der Waals surface area contributed by atoms with Crippen molar-refractivity contribution in [2.24, 2.45) is 0 Å². The molecule has 2 aromatic rings. The molecule has 0 fully saturated rings. The number of nitrogen functional groups attached to an aromatic ring is 1. The maximum Gasteiger partial charge on any atom is 0.261 e. The minimum atomic E-state index is -0.156. The highest BCUT2D eigenvalue weighted by molar-refractivity contribution is 7.15. The molecule has 0 aliphatic heterocycles. The Hall–Kier alpha value is -1.36. The lowest BCUT2D eigenvalue weighted by atomic mass is 10.3. The van der Waals surface area contributed by atoms with Gasteiger partial charge in [-0.15, -0.1) is 11.3 Å². The number of aryl methyl sites for hydroxylation is 1. The summed E-state index contributed by atoms with van der Waals surface area (Å²) in [6.45, 7) is 1.74. The molecular formula is C7H7N3OS. The number of aromatic nitrogens is 2. The van der Waals surface area contributed by atoms with Crippen molar-refractivity contribution < 1.29 is 0 Å². The van der Waals surface area contributed by atoms with Crippen LogP contribution < -0.4 is 11.3 Å². The van der Waals surface area contributed by atoms with Gasteiger partial charge < -0.3 is 10.7 Å². The fourth-order valence-electron chi connectivity index (χ4n) is 1.11. The minimum absolute atomic E-state index is 0.156. The van der Waals surface area contributed by atoms with Gasteiger partial charge in [-0.1, -0.05) is 0 Å². The van der Waals surface area contributed by atoms with Gasteiger partial charge in [-0.25, -0.2) is 4.98 Å². The summed E-state index contributed by atoms with van der Waals surface area (Å²) in [5.74, 6) is 0.616. The highest BCUT2D eigenvalue weighted by Crippen LogP contribution is 2.22. The monoisotopic (exact) mass is 181 g/mol. The molecule has 5 heteroatoms. The van der Waals surface area contributed by atoms with Gasteiger partial charge in [-0.3, -0.25) is 4.79 Å². The Kier molecular flexibility index (Phi) is 1.41. The van der Waals surface area contributed by atoms with E-state index in [9.17, 15) is 4.79 Å². The molecule has 0 amide bonds. The first kappa shape index (κ1) is 7.30. The smallest absolute Gasteiger partial charge is 0.261 e. The van der Waals surface area contributed by atoms with Gasteiger partial charge in [0.05, 0.1) is 10.9 Å². The summed E-state index contributed by atoms with van der Waals surface area (Å²) in [6, 6.07) is 0. The Labute approximate surface area is 72.1 Å². The number of H-pyrrole nitrogens is 1. The van der Waals surface area contributed by atoms with Crippen LogP contribution in [0.5, 0.6) is 0 Å². The summed E-state index contributed by atoms with van der Waals surface area (Å²) in [5.41, 5.74) is 6.11. The van der Waals surface area contributed by atoms with E-state index in [0.29, 0.717) is 21.7 Å². The molecule has 2 aromatic heterocycles. The first-order valence-electron chi connectivity index (χ1n) is 3.42. The zero-order valence-electron chi connectivity index (χ0n) is 6.42. The van der Waals surface area contributed by atoms with E-state index < -0.39 is 0 Å². The topological polar surface area (TPSA) is 71.8 Å². The number of nitrogens with zero attached hydrogens (tertiary/aromatic N) is 1. The predicted molar refractivity (Wildman–Crippen MR) is 49.4 cm³/mol. The fraction of sp³-hybridized carbons (Fsp3) is 0.143. The van der Waals surface area contributed by atoms with E-state index in [1.807, 2.05) is 0 Å². The summed E-state index contributed by atoms with van der Waals surface area (Å²) < 4.78 is 0. The molecule has 0 spiro atoms. The zero-order valence-corrected chi connectivity index (χ0v) is 7.23. The number of hydrogen-bond donors (Lipinski definition) is 2. The van der Waals surface area contributed by atoms with Crippen molar-refractivity contribution in [2.45, 2.75) is 6.92 Å². The fourth-order valence-corrected chi connectivity index (χ4v) is 1.83. The van der Waals surface area contributed by atoms with Crippen LogP contribution in [0.4, 0.5) is 5.00 Å². The Bertz CT molecular complexity index is 485. The highest BCUT2D eigenvalue weighted by Gasteiger charge is 2.06. The van der Waals surface area contributed by atoms with Crippen LogP contribution in [0.3, 0.4) is 0 Å². The molecule has 0 bridgehead atoms. The molecule has 2 heterocycles. The van der Waals surface area contributed by atoms with Crippen molar-refractivity contribution in [1.29, 1.82) is 0 Å². The van der Waals surface area contributed by atoms with Crippen molar-refractivity contribution in [3.63, 3.8) is 0 Å². The molecule has 0 saturated heterocycles. The van der Waals surface area contributed by atoms with Crippen molar-refractivity contribution in [3.8, 4) is 0 Å². The second-order valence-corrected chi connectivity index (χ2v) is 3.42. The summed E-state index contributed by atoms with van der Waals surface area (Å²) in [5, 5.41) is 2.82. The number of rotatable bonds is 0. The second-order valence-electron chi connectivity index (χ2n) is 2.51. The number of nitrogens with two attached hydrogens (primary N) is 1. The Morgan fingerprint density at radius 3 is 3.17 bits per heavy atom. The maximum absolute atomic E-state index is 11.3. The minimum Gasteiger partial charge on any atom is -0.390 e. The van der Waals surface area contributed by atoms with Gasteiger partial charge >= 0.3 is 0 Å². The second kappa shape index (κ2) is 2.31. The van der Waals surface area contributed by atoms with Gasteiger partial charge in [-0.05, 0) is 6.92 Å². The summed E-state index contributed by atoms with van der Waals surface area (Å²) in [4.78, 5) is 18.0. The first-order valence-corrected chi connectivity index (χ1v) is 4.30. The van der Waals surface area contributed by atoms with E-state index >= 15 is 0 Å². The largest absolute Gasteiger partial charge is 0.390 e. The third kappa shape index (κ3) is 0.902. The molecule has 2 rings (SSSR count). The molecule has 62 valence electrons. The molecule has 12 heavy (non-hydrogen) atoms. The summed E-state index contributed by atoms with van der Waals surface area (Å²) >= 11 is 1.34. The van der Waals surface area contributed by atoms with Gasteiger partial charge in [0, 0.05) is 5.38 Å². The highest BCUT2D eigenvalue weighted by atomic mass is 32.1. The maximum atomic E-state index is 11.3. The molecule has 0 radical (unpaired) electrons. The third-order valence-electron chi connectivity index (χ3n) is 1.61. The van der Waals surface area contributed by atoms with E-state index in [1.54, 1.807) is 12.3 Å². The summed E-state index contributed by atoms with van der Waals surface area (Å²) in [6.07, 6.45) is 0. The van der Waals surface area contributed by atoms with Crippen LogP contribution in [0.1, 0.15) is 5.82 Å². The van der Waals surface area contributed by atoms with Gasteiger partial charge in [-0.2, -0.15) is 0 Å². The molecule has 0 aliphatic rings. The lowest BCUT2D eigenvalue weighted by molar-refractivity contribution is 1.06. The van der Waals surface area contributed by atoms with E-state index in [0.717, 1.165) is 0 Å². The van der Waals surface area contributed by atoms with Gasteiger partial charge in [0.25, 0.3) is 5.56 Å². The van der Waals surface area contributed by atoms with Crippen molar-refractivity contribution in [1.82, 2.24) is 9.97 Å². The number of anilines is 1. The predicted octanol–water partition coefficient (Wildman–Crippen LogP) is 0.875. The number of fused-ring (bicyclic) bond motifs is 1. The Balaban J connectivity index is 3.03. The number of thiophene rings is 1. The molecule has 3 N–H and O–H groups in total. The van der Waals surface area contributed by atoms with Crippen LogP contribution in [0, 0.1) is 6.92 Å². The Morgan fingerprint density at radius 2 is 2.42 bits per heavy atom. The van der Waals surface area contributed by atoms with Crippen LogP contribution >= 0.6 is 11.3 Å². The molecular weight excluding hydrogens is 174 g/mol. The number of nitrogens with one attached hydrogen (secondary N) is 1. The van der Waals surface area contributed by atoms with Crippen molar-refractivity contribution in [2.75, 3.05) is 5.73 Å². The van der Waals surface area contributed by atoms with Crippen LogP contribution in [-0.2, 0) is 0 Å². The van der Waals surface area contributed by atoms with Gasteiger partial charge in [0.2, 0.25) is 0 Å². The lowest BCUT2D eigenvalue weighted by Crippen LogP contribution is -2.09. The number of hydrogen-bond acceptors (Lipinski definition) is 4. The lowest BCUT2D eigenvalue weighted by Gasteiger charge is -1.92. The Morgan fingerprint density at radius 1 is 1.67 bits per heavy atom. The standard InChI is InChI=1S/C7H7N3OS/c1-3-9-4-2-12-6(8)5(4)7(11)10-3/h2H,8H2,1H3,(H,9,10,11). The van der Waals surface area contributed by atoms with Crippen LogP contribution in [-0.4, -0.2) is 9.97 Å². The SMILES string of the molecule is Cc1nc2csc(N)c2c(=O)[nH]1. The van der Waals surface area contributed by atoms with Gasteiger partial charge in [0.1, 0.15) is 10.8 Å². The average molecular weight is 181 g/mol. The number of aromatic amines is 1. The molecule has 4 nitrogen and oxygen atoms in total. The molecule has 0 saturated carbocycles. The summed E-state index contributed by atoms with van der Waals surface area (Å²) in [7, 11) is 0. The third-order valence-corrected chi connectivity index (χ3v) is 2.41. The first-order chi connectivity index (χ1) is 5.68. The molecule has 0 aromatic carbocycles. The molecule has 0 aliphatic carbocycles. The van der Waals surface area contributed by atoms with Crippen molar-refractivity contribution >= 4 is 27.2 Å². The zero-order chi connectivity index (χ0) is 8.72. The van der Waals surface area contributed by atoms with E-state index in [-0.39, 0.29) is 5.56 Å².